The molecule has 3 aromatic rings. The van der Waals surface area contributed by atoms with Crippen LogP contribution in [0.5, 0.6) is 5.75 Å². The molecule has 2 aromatic heterocycles. The van der Waals surface area contributed by atoms with Crippen LogP contribution in [0.1, 0.15) is 53.7 Å². The molecule has 0 aliphatic rings. The van der Waals surface area contributed by atoms with Crippen molar-refractivity contribution in [3.8, 4) is 5.75 Å². The molecular weight excluding hydrogens is 474 g/mol. The van der Waals surface area contributed by atoms with E-state index in [0.717, 1.165) is 17.2 Å². The zero-order valence-corrected chi connectivity index (χ0v) is 21.2. The zero-order chi connectivity index (χ0) is 23.8. The third kappa shape index (κ3) is 5.23. The van der Waals surface area contributed by atoms with Crippen molar-refractivity contribution in [2.24, 2.45) is 5.92 Å². The number of carbonyl (C=O) groups is 1. The molecule has 3 rings (SSSR count). The Bertz CT molecular complexity index is 1210. The second-order valence-corrected chi connectivity index (χ2v) is 10.3. The third-order valence-corrected chi connectivity index (χ3v) is 5.58. The van der Waals surface area contributed by atoms with Crippen LogP contribution in [0.15, 0.2) is 33.7 Å². The van der Waals surface area contributed by atoms with Gasteiger partial charge in [-0.15, -0.1) is 5.06 Å². The van der Waals surface area contributed by atoms with Gasteiger partial charge in [-0.05, 0) is 80.4 Å². The second kappa shape index (κ2) is 9.10. The number of H-pyrrole nitrogens is 1. The molecular formula is C24H30BrN3O4. The van der Waals surface area contributed by atoms with Crippen LogP contribution in [0.2, 0.25) is 0 Å². The van der Waals surface area contributed by atoms with Gasteiger partial charge in [0, 0.05) is 17.6 Å². The van der Waals surface area contributed by atoms with Crippen molar-refractivity contribution in [2.75, 3.05) is 0 Å². The van der Waals surface area contributed by atoms with Crippen LogP contribution in [0.4, 0.5) is 4.79 Å². The van der Waals surface area contributed by atoms with Crippen molar-refractivity contribution < 1.29 is 14.4 Å². The molecule has 1 N–H and O–H groups in total. The number of rotatable bonds is 5. The number of pyridine rings is 2. The van der Waals surface area contributed by atoms with Crippen LogP contribution in [0.3, 0.4) is 0 Å². The van der Waals surface area contributed by atoms with E-state index in [2.05, 4.69) is 39.7 Å². The number of hydrogen-bond donors (Lipinski definition) is 1. The van der Waals surface area contributed by atoms with E-state index in [-0.39, 0.29) is 11.6 Å². The minimum Gasteiger partial charge on any atom is -0.442 e. The molecule has 1 amide bonds. The van der Waals surface area contributed by atoms with E-state index in [4.69, 9.17) is 9.57 Å². The average molecular weight is 504 g/mol. The van der Waals surface area contributed by atoms with Crippen molar-refractivity contribution in [3.63, 3.8) is 0 Å². The van der Waals surface area contributed by atoms with Crippen molar-refractivity contribution in [1.29, 1.82) is 0 Å². The molecule has 172 valence electrons. The van der Waals surface area contributed by atoms with Crippen LogP contribution in [0, 0.1) is 12.8 Å². The Morgan fingerprint density at radius 2 is 1.91 bits per heavy atom. The predicted octanol–water partition coefficient (Wildman–Crippen LogP) is 6.11. The number of hydrogen-bond acceptors (Lipinski definition) is 5. The molecule has 8 heteroatoms. The molecule has 0 fully saturated rings. The van der Waals surface area contributed by atoms with Crippen molar-refractivity contribution in [3.05, 3.63) is 44.9 Å². The molecule has 0 saturated heterocycles. The molecule has 1 aromatic carbocycles. The number of amides is 1. The lowest BCUT2D eigenvalue weighted by atomic mass is 10.1. The number of hydroxylamine groups is 2. The fourth-order valence-electron chi connectivity index (χ4n) is 3.71. The Morgan fingerprint density at radius 1 is 1.22 bits per heavy atom. The van der Waals surface area contributed by atoms with E-state index in [1.165, 1.54) is 5.06 Å². The van der Waals surface area contributed by atoms with Gasteiger partial charge in [0.2, 0.25) is 0 Å². The third-order valence-electron chi connectivity index (χ3n) is 4.96. The van der Waals surface area contributed by atoms with E-state index in [9.17, 15) is 9.59 Å². The lowest BCUT2D eigenvalue weighted by Gasteiger charge is -2.31. The first-order valence-electron chi connectivity index (χ1n) is 10.7. The summed E-state index contributed by atoms with van der Waals surface area (Å²) in [4.78, 5) is 38.8. The normalized spacial score (nSPS) is 12.9. The molecule has 0 spiro atoms. The number of aromatic amines is 1. The highest BCUT2D eigenvalue weighted by Crippen LogP contribution is 2.34. The summed E-state index contributed by atoms with van der Waals surface area (Å²) < 4.78 is 6.23. The van der Waals surface area contributed by atoms with Gasteiger partial charge in [0.25, 0.3) is 5.56 Å². The summed E-state index contributed by atoms with van der Waals surface area (Å²) in [5.41, 5.74) is 0.392. The van der Waals surface area contributed by atoms with Gasteiger partial charge in [0.15, 0.2) is 5.75 Å². The van der Waals surface area contributed by atoms with Gasteiger partial charge >= 0.3 is 6.09 Å². The van der Waals surface area contributed by atoms with Crippen LogP contribution in [-0.4, -0.2) is 32.8 Å². The van der Waals surface area contributed by atoms with Gasteiger partial charge in [0.05, 0.1) is 27.1 Å². The first kappa shape index (κ1) is 24.0. The summed E-state index contributed by atoms with van der Waals surface area (Å²) in [6.45, 7) is 13.3. The Morgan fingerprint density at radius 3 is 2.53 bits per heavy atom. The lowest BCUT2D eigenvalue weighted by molar-refractivity contribution is -0.0970. The fraction of sp³-hybridized carbons (Fsp3) is 0.458. The molecule has 0 aliphatic carbocycles. The standard InChI is InChI=1S/C24H30BrN3O4/c1-13(2)10-14(3)28(23(30)31-24(5,6)7)32-20-12-19-17(11-18(20)25)16-8-9-26-15(4)21(16)22(29)27-19/h8-9,11-14H,10H2,1-7H3,(H,27,29). The molecule has 1 unspecified atom stereocenters. The van der Waals surface area contributed by atoms with Crippen molar-refractivity contribution in [1.82, 2.24) is 15.0 Å². The quantitative estimate of drug-likeness (QED) is 0.335. The number of halogens is 1. The number of benzene rings is 1. The van der Waals surface area contributed by atoms with Crippen LogP contribution in [-0.2, 0) is 4.74 Å². The summed E-state index contributed by atoms with van der Waals surface area (Å²) >= 11 is 3.57. The highest BCUT2D eigenvalue weighted by molar-refractivity contribution is 9.10. The van der Waals surface area contributed by atoms with Gasteiger partial charge in [0.1, 0.15) is 5.60 Å². The summed E-state index contributed by atoms with van der Waals surface area (Å²) in [5.74, 6) is 0.762. The molecule has 2 heterocycles. The number of carbonyl (C=O) groups excluding carboxylic acids is 1. The van der Waals surface area contributed by atoms with Gasteiger partial charge < -0.3 is 14.6 Å². The highest BCUT2D eigenvalue weighted by Gasteiger charge is 2.29. The molecule has 32 heavy (non-hydrogen) atoms. The Kier molecular flexibility index (Phi) is 6.83. The number of aromatic nitrogens is 2. The smallest absolute Gasteiger partial charge is 0.442 e. The molecule has 0 radical (unpaired) electrons. The monoisotopic (exact) mass is 503 g/mol. The van der Waals surface area contributed by atoms with E-state index in [1.54, 1.807) is 12.3 Å². The van der Waals surface area contributed by atoms with Gasteiger partial charge in [-0.1, -0.05) is 13.8 Å². The van der Waals surface area contributed by atoms with Crippen LogP contribution < -0.4 is 10.4 Å². The number of nitrogens with zero attached hydrogens (tertiary/aromatic N) is 2. The maximum Gasteiger partial charge on any atom is 0.443 e. The van der Waals surface area contributed by atoms with Gasteiger partial charge in [-0.2, -0.15) is 0 Å². The minimum atomic E-state index is -0.660. The van der Waals surface area contributed by atoms with Crippen LogP contribution in [0.25, 0.3) is 21.7 Å². The summed E-state index contributed by atoms with van der Waals surface area (Å²) in [6.07, 6.45) is 1.86. The van der Waals surface area contributed by atoms with Crippen molar-refractivity contribution in [2.45, 2.75) is 66.5 Å². The molecule has 0 bridgehead atoms. The lowest BCUT2D eigenvalue weighted by Crippen LogP contribution is -2.44. The minimum absolute atomic E-state index is 0.219. The SMILES string of the molecule is Cc1nccc2c1c(=O)[nH]c1cc(ON(C(=O)OC(C)(C)C)C(C)CC(C)C)c(Br)cc12. The first-order chi connectivity index (χ1) is 14.9. The fourth-order valence-corrected chi connectivity index (χ4v) is 4.13. The van der Waals surface area contributed by atoms with E-state index in [0.29, 0.717) is 32.7 Å². The second-order valence-electron chi connectivity index (χ2n) is 9.48. The molecule has 1 atom stereocenters. The topological polar surface area (TPSA) is 84.5 Å². The largest absolute Gasteiger partial charge is 0.443 e. The Hall–Kier alpha value is -2.61. The predicted molar refractivity (Wildman–Crippen MR) is 130 cm³/mol. The maximum atomic E-state index is 12.9. The van der Waals surface area contributed by atoms with Crippen LogP contribution >= 0.6 is 15.9 Å². The molecule has 0 aliphatic heterocycles. The van der Waals surface area contributed by atoms with E-state index in [1.807, 2.05) is 46.8 Å². The van der Waals surface area contributed by atoms with Crippen molar-refractivity contribution >= 4 is 43.7 Å². The average Bonchev–Trinajstić information content (AvgIpc) is 2.65. The number of fused-ring (bicyclic) bond motifs is 3. The maximum absolute atomic E-state index is 12.9. The number of aryl methyl sites for hydroxylation is 1. The van der Waals surface area contributed by atoms with Gasteiger partial charge in [-0.3, -0.25) is 9.78 Å². The summed E-state index contributed by atoms with van der Waals surface area (Å²) in [7, 11) is 0. The van der Waals surface area contributed by atoms with E-state index >= 15 is 0 Å². The van der Waals surface area contributed by atoms with Gasteiger partial charge in [-0.25, -0.2) is 4.79 Å². The molecule has 0 saturated carbocycles. The summed E-state index contributed by atoms with van der Waals surface area (Å²) in [6, 6.07) is 5.19. The van der Waals surface area contributed by atoms with E-state index < -0.39 is 11.7 Å². The molecule has 7 nitrogen and oxygen atoms in total. The first-order valence-corrected chi connectivity index (χ1v) is 11.5. The number of nitrogens with one attached hydrogen (secondary N) is 1. The summed E-state index contributed by atoms with van der Waals surface area (Å²) in [5, 5.41) is 3.48. The Labute approximate surface area is 196 Å². The highest BCUT2D eigenvalue weighted by atomic mass is 79.9. The Balaban J connectivity index is 2.07. The zero-order valence-electron chi connectivity index (χ0n) is 19.6. The number of ether oxygens (including phenoxy) is 1.